The molecular weight excluding hydrogens is 292 g/mol. The second-order valence-corrected chi connectivity index (χ2v) is 8.82. The Labute approximate surface area is 119 Å². The molecule has 4 aliphatic carbocycles. The van der Waals surface area contributed by atoms with Gasteiger partial charge in [0.1, 0.15) is 4.32 Å². The van der Waals surface area contributed by atoms with Crippen molar-refractivity contribution in [3.63, 3.8) is 0 Å². The highest BCUT2D eigenvalue weighted by Crippen LogP contribution is 2.53. The van der Waals surface area contributed by atoms with Crippen LogP contribution in [0, 0.1) is 23.7 Å². The summed E-state index contributed by atoms with van der Waals surface area (Å²) in [5.41, 5.74) is 0. The van der Waals surface area contributed by atoms with Crippen LogP contribution in [0.4, 0.5) is 0 Å². The third kappa shape index (κ3) is 3.49. The van der Waals surface area contributed by atoms with Crippen molar-refractivity contribution in [1.29, 1.82) is 0 Å². The number of rotatable bonds is 1. The molecular formula is C15H25BrO2. The van der Waals surface area contributed by atoms with Crippen molar-refractivity contribution >= 4 is 21.9 Å². The second-order valence-electron chi connectivity index (χ2n) is 6.84. The van der Waals surface area contributed by atoms with Gasteiger partial charge in [0.25, 0.3) is 0 Å². The lowest BCUT2D eigenvalue weighted by Crippen LogP contribution is -2.38. The van der Waals surface area contributed by atoms with Crippen molar-refractivity contribution < 1.29 is 9.53 Å². The van der Waals surface area contributed by atoms with Crippen molar-refractivity contribution in [3.8, 4) is 0 Å². The molecule has 4 aliphatic rings. The number of carbonyl (C=O) groups excluding carboxylic acids is 1. The lowest BCUT2D eigenvalue weighted by Gasteiger charge is -2.49. The summed E-state index contributed by atoms with van der Waals surface area (Å²) < 4.78 is 3.89. The highest BCUT2D eigenvalue weighted by Gasteiger charge is 2.41. The Morgan fingerprint density at radius 1 is 0.944 bits per heavy atom. The maximum absolute atomic E-state index is 10.6. The summed E-state index contributed by atoms with van der Waals surface area (Å²) in [5.74, 6) is 4.46. The molecule has 0 spiro atoms. The number of hydrogen-bond acceptors (Lipinski definition) is 2. The third-order valence-corrected chi connectivity index (χ3v) is 4.99. The first-order chi connectivity index (χ1) is 8.38. The molecule has 0 aromatic heterocycles. The molecule has 4 rings (SSSR count). The zero-order valence-electron chi connectivity index (χ0n) is 11.7. The van der Waals surface area contributed by atoms with Crippen molar-refractivity contribution in [2.75, 3.05) is 7.11 Å². The van der Waals surface area contributed by atoms with Crippen LogP contribution in [-0.2, 0) is 9.53 Å². The van der Waals surface area contributed by atoms with Crippen LogP contribution in [0.25, 0.3) is 0 Å². The van der Waals surface area contributed by atoms with Crippen LogP contribution >= 0.6 is 15.9 Å². The molecule has 4 fully saturated rings. The fraction of sp³-hybridized carbons (Fsp3) is 0.933. The van der Waals surface area contributed by atoms with E-state index in [4.69, 9.17) is 0 Å². The third-order valence-electron chi connectivity index (χ3n) is 4.67. The molecule has 0 heterocycles. The van der Waals surface area contributed by atoms with E-state index in [2.05, 4.69) is 20.7 Å². The second kappa shape index (κ2) is 5.52. The summed E-state index contributed by atoms with van der Waals surface area (Å²) in [6, 6.07) is 0. The Bertz CT molecular complexity index is 250. The molecule has 4 bridgehead atoms. The minimum absolute atomic E-state index is 0.252. The molecule has 0 radical (unpaired) electrons. The van der Waals surface area contributed by atoms with Crippen molar-refractivity contribution in [2.24, 2.45) is 23.7 Å². The number of halogens is 1. The Balaban J connectivity index is 0.000000139. The van der Waals surface area contributed by atoms with Crippen LogP contribution in [0.3, 0.4) is 0 Å². The predicted molar refractivity (Wildman–Crippen MR) is 76.7 cm³/mol. The molecule has 0 N–H and O–H groups in total. The maximum atomic E-state index is 10.6. The van der Waals surface area contributed by atoms with Gasteiger partial charge < -0.3 is 4.74 Å². The monoisotopic (exact) mass is 316 g/mol. The normalized spacial score (nSPS) is 36.9. The summed E-state index contributed by atoms with van der Waals surface area (Å²) in [4.78, 5) is 10.6. The molecule has 4 saturated carbocycles. The van der Waals surface area contributed by atoms with Gasteiger partial charge in [0.2, 0.25) is 0 Å². The minimum Gasteiger partial charge on any atom is -0.468 e. The summed E-state index contributed by atoms with van der Waals surface area (Å²) in [6.45, 7) is 3.47. The lowest BCUT2D eigenvalue weighted by atomic mass is 9.56. The molecule has 0 unspecified atom stereocenters. The van der Waals surface area contributed by atoms with Gasteiger partial charge in [-0.1, -0.05) is 15.9 Å². The van der Waals surface area contributed by atoms with E-state index in [1.807, 2.05) is 0 Å². The summed E-state index contributed by atoms with van der Waals surface area (Å²) in [6.07, 6.45) is 9.62. The Hall–Kier alpha value is -0.0500. The van der Waals surface area contributed by atoms with Gasteiger partial charge in [0, 0.05) is 0 Å². The topological polar surface area (TPSA) is 26.3 Å². The SMILES string of the molecule is C1C2CC3CC1CC(C2)C3.COC(=O)C(C)(C)Br. The van der Waals surface area contributed by atoms with Gasteiger partial charge in [-0.05, 0) is 76.0 Å². The van der Waals surface area contributed by atoms with Gasteiger partial charge in [-0.2, -0.15) is 0 Å². The average Bonchev–Trinajstić information content (AvgIpc) is 2.25. The molecule has 3 heteroatoms. The van der Waals surface area contributed by atoms with Gasteiger partial charge in [-0.25, -0.2) is 0 Å². The Morgan fingerprint density at radius 2 is 1.22 bits per heavy atom. The quantitative estimate of drug-likeness (QED) is 0.536. The van der Waals surface area contributed by atoms with E-state index in [9.17, 15) is 4.79 Å². The number of alkyl halides is 1. The lowest BCUT2D eigenvalue weighted by molar-refractivity contribution is -0.142. The van der Waals surface area contributed by atoms with E-state index in [0.717, 1.165) is 0 Å². The van der Waals surface area contributed by atoms with Gasteiger partial charge in [-0.15, -0.1) is 0 Å². The van der Waals surface area contributed by atoms with Crippen LogP contribution < -0.4 is 0 Å². The highest BCUT2D eigenvalue weighted by molar-refractivity contribution is 9.10. The largest absolute Gasteiger partial charge is 0.468 e. The Kier molecular flexibility index (Phi) is 4.40. The van der Waals surface area contributed by atoms with Crippen LogP contribution in [0.15, 0.2) is 0 Å². The van der Waals surface area contributed by atoms with E-state index in [1.54, 1.807) is 52.4 Å². The van der Waals surface area contributed by atoms with Gasteiger partial charge >= 0.3 is 5.97 Å². The van der Waals surface area contributed by atoms with Gasteiger partial charge in [0.15, 0.2) is 0 Å². The molecule has 0 aliphatic heterocycles. The van der Waals surface area contributed by atoms with Gasteiger partial charge in [-0.3, -0.25) is 4.79 Å². The number of esters is 1. The number of ether oxygens (including phenoxy) is 1. The molecule has 104 valence electrons. The number of methoxy groups -OCH3 is 1. The van der Waals surface area contributed by atoms with Crippen LogP contribution in [0.5, 0.6) is 0 Å². The highest BCUT2D eigenvalue weighted by atomic mass is 79.9. The van der Waals surface area contributed by atoms with E-state index in [1.165, 1.54) is 30.8 Å². The molecule has 0 aromatic rings. The van der Waals surface area contributed by atoms with E-state index in [0.29, 0.717) is 0 Å². The number of hydrogen-bond donors (Lipinski definition) is 0. The summed E-state index contributed by atoms with van der Waals surface area (Å²) in [5, 5.41) is 0. The Morgan fingerprint density at radius 3 is 1.33 bits per heavy atom. The standard InChI is InChI=1S/C10H16.C5H9BrO2/c1-7-2-9-4-8(1)5-10(3-7)6-9;1-5(2,6)4(7)8-3/h7-10H,1-6H2;1-3H3. The average molecular weight is 317 g/mol. The van der Waals surface area contributed by atoms with Crippen LogP contribution in [0.1, 0.15) is 52.4 Å². The molecule has 0 atom stereocenters. The minimum atomic E-state index is -0.540. The first kappa shape index (κ1) is 14.4. The maximum Gasteiger partial charge on any atom is 0.322 e. The van der Waals surface area contributed by atoms with Crippen LogP contribution in [0.2, 0.25) is 0 Å². The number of carbonyl (C=O) groups is 1. The molecule has 0 amide bonds. The molecule has 0 aromatic carbocycles. The zero-order valence-corrected chi connectivity index (χ0v) is 13.3. The summed E-state index contributed by atoms with van der Waals surface area (Å²) >= 11 is 3.13. The first-order valence-electron chi connectivity index (χ1n) is 7.15. The summed E-state index contributed by atoms with van der Waals surface area (Å²) in [7, 11) is 1.37. The first-order valence-corrected chi connectivity index (χ1v) is 7.95. The fourth-order valence-corrected chi connectivity index (χ4v) is 4.39. The van der Waals surface area contributed by atoms with Gasteiger partial charge in [0.05, 0.1) is 7.11 Å². The van der Waals surface area contributed by atoms with Crippen molar-refractivity contribution in [2.45, 2.75) is 56.7 Å². The molecule has 0 saturated heterocycles. The van der Waals surface area contributed by atoms with Crippen molar-refractivity contribution in [3.05, 3.63) is 0 Å². The molecule has 2 nitrogen and oxygen atoms in total. The smallest absolute Gasteiger partial charge is 0.322 e. The van der Waals surface area contributed by atoms with Crippen molar-refractivity contribution in [1.82, 2.24) is 0 Å². The zero-order chi connectivity index (χ0) is 13.3. The van der Waals surface area contributed by atoms with Crippen LogP contribution in [-0.4, -0.2) is 17.4 Å². The molecule has 18 heavy (non-hydrogen) atoms. The van der Waals surface area contributed by atoms with E-state index >= 15 is 0 Å². The fourth-order valence-electron chi connectivity index (χ4n) is 4.23. The van der Waals surface area contributed by atoms with E-state index in [-0.39, 0.29) is 5.97 Å². The predicted octanol–water partition coefficient (Wildman–Crippen LogP) is 4.17. The van der Waals surface area contributed by atoms with E-state index < -0.39 is 4.32 Å².